The second-order valence-electron chi connectivity index (χ2n) is 7.64. The van der Waals surface area contributed by atoms with Gasteiger partial charge in [-0.3, -0.25) is 5.10 Å². The van der Waals surface area contributed by atoms with Gasteiger partial charge in [-0.2, -0.15) is 5.10 Å². The smallest absolute Gasteiger partial charge is 0.315 e. The van der Waals surface area contributed by atoms with Gasteiger partial charge in [0.15, 0.2) is 5.82 Å². The average Bonchev–Trinajstić information content (AvgIpc) is 2.97. The molecule has 4 rings (SSSR count). The summed E-state index contributed by atoms with van der Waals surface area (Å²) in [6.07, 6.45) is 8.53. The first-order valence-electron chi connectivity index (χ1n) is 9.21. The summed E-state index contributed by atoms with van der Waals surface area (Å²) < 4.78 is 5.78. The largest absolute Gasteiger partial charge is 0.370 e. The molecule has 0 bridgehead atoms. The Bertz CT molecular complexity index is 596. The summed E-state index contributed by atoms with van der Waals surface area (Å²) in [6.45, 7) is 3.16. The van der Waals surface area contributed by atoms with Gasteiger partial charge in [-0.1, -0.05) is 19.3 Å². The number of carbonyl (C=O) groups excluding carboxylic acids is 1. The highest BCUT2D eigenvalue weighted by molar-refractivity contribution is 5.74. The van der Waals surface area contributed by atoms with E-state index in [1.165, 1.54) is 32.1 Å². The van der Waals surface area contributed by atoms with Gasteiger partial charge in [0, 0.05) is 25.1 Å². The molecule has 1 aromatic heterocycles. The quantitative estimate of drug-likeness (QED) is 0.788. The van der Waals surface area contributed by atoms with E-state index in [0.717, 1.165) is 24.5 Å². The van der Waals surface area contributed by atoms with Crippen LogP contribution in [0.15, 0.2) is 0 Å². The number of hydrogen-bond acceptors (Lipinski definition) is 4. The highest BCUT2D eigenvalue weighted by Crippen LogP contribution is 2.56. The van der Waals surface area contributed by atoms with Crippen LogP contribution >= 0.6 is 0 Å². The summed E-state index contributed by atoms with van der Waals surface area (Å²) in [5.41, 5.74) is 0.423. The van der Waals surface area contributed by atoms with Crippen molar-refractivity contribution >= 4 is 6.03 Å². The van der Waals surface area contributed by atoms with Gasteiger partial charge >= 0.3 is 6.03 Å². The molecule has 0 radical (unpaired) electrons. The minimum atomic E-state index is -0.0999. The van der Waals surface area contributed by atoms with Crippen LogP contribution in [-0.4, -0.2) is 40.4 Å². The molecule has 1 unspecified atom stereocenters. The Kier molecular flexibility index (Phi) is 4.20. The van der Waals surface area contributed by atoms with E-state index in [-0.39, 0.29) is 18.1 Å². The van der Waals surface area contributed by atoms with Gasteiger partial charge < -0.3 is 15.4 Å². The Morgan fingerprint density at radius 2 is 2.21 bits per heavy atom. The van der Waals surface area contributed by atoms with Crippen molar-refractivity contribution in [2.45, 2.75) is 64.0 Å². The van der Waals surface area contributed by atoms with Crippen molar-refractivity contribution in [3.63, 3.8) is 0 Å². The van der Waals surface area contributed by atoms with E-state index in [4.69, 9.17) is 4.74 Å². The zero-order valence-electron chi connectivity index (χ0n) is 14.3. The van der Waals surface area contributed by atoms with Gasteiger partial charge in [0.05, 0.1) is 0 Å². The molecule has 3 N–H and O–H groups in total. The lowest BCUT2D eigenvalue weighted by Crippen LogP contribution is -2.41. The maximum absolute atomic E-state index is 12.2. The molecule has 2 aliphatic carbocycles. The minimum Gasteiger partial charge on any atom is -0.370 e. The normalized spacial score (nSPS) is 31.1. The van der Waals surface area contributed by atoms with Gasteiger partial charge in [0.25, 0.3) is 0 Å². The molecule has 132 valence electrons. The molecule has 0 aromatic carbocycles. The van der Waals surface area contributed by atoms with Crippen LogP contribution in [-0.2, 0) is 4.74 Å². The van der Waals surface area contributed by atoms with Crippen LogP contribution in [0.3, 0.4) is 0 Å². The van der Waals surface area contributed by atoms with Gasteiger partial charge in [0.2, 0.25) is 0 Å². The van der Waals surface area contributed by atoms with Crippen LogP contribution in [0.4, 0.5) is 4.79 Å². The number of nitrogens with one attached hydrogen (secondary N) is 3. The number of aromatic amines is 1. The predicted molar refractivity (Wildman–Crippen MR) is 88.4 cm³/mol. The standard InChI is InChI=1S/C17H27N5O2/c1-11-19-15(22-21-11)14-12(5-8-24-14)10-18-16(23)20-13-9-17(13)6-3-2-4-7-17/h12-14H,2-10H2,1H3,(H2,18,20,23)(H,19,21,22)/t12-,13?,14-/m1/s1. The van der Waals surface area contributed by atoms with Crippen molar-refractivity contribution in [2.75, 3.05) is 13.2 Å². The Labute approximate surface area is 142 Å². The van der Waals surface area contributed by atoms with E-state index in [2.05, 4.69) is 25.8 Å². The van der Waals surface area contributed by atoms with Crippen molar-refractivity contribution in [1.82, 2.24) is 25.8 Å². The number of amides is 2. The van der Waals surface area contributed by atoms with Crippen LogP contribution in [0.5, 0.6) is 0 Å². The van der Waals surface area contributed by atoms with E-state index < -0.39 is 0 Å². The summed E-state index contributed by atoms with van der Waals surface area (Å²) >= 11 is 0. The Morgan fingerprint density at radius 1 is 1.38 bits per heavy atom. The monoisotopic (exact) mass is 333 g/mol. The van der Waals surface area contributed by atoms with Gasteiger partial charge in [-0.15, -0.1) is 0 Å². The van der Waals surface area contributed by atoms with E-state index in [9.17, 15) is 4.79 Å². The molecule has 1 saturated heterocycles. The third-order valence-electron chi connectivity index (χ3n) is 5.97. The molecular weight excluding hydrogens is 306 g/mol. The van der Waals surface area contributed by atoms with Crippen molar-refractivity contribution in [3.05, 3.63) is 11.6 Å². The first-order chi connectivity index (χ1) is 11.7. The van der Waals surface area contributed by atoms with E-state index in [1.807, 2.05) is 6.92 Å². The molecule has 24 heavy (non-hydrogen) atoms. The van der Waals surface area contributed by atoms with Crippen LogP contribution in [0.1, 0.15) is 62.7 Å². The van der Waals surface area contributed by atoms with Crippen molar-refractivity contribution < 1.29 is 9.53 Å². The first kappa shape index (κ1) is 15.9. The highest BCUT2D eigenvalue weighted by Gasteiger charge is 2.54. The van der Waals surface area contributed by atoms with Crippen LogP contribution in [0, 0.1) is 18.3 Å². The zero-order valence-corrected chi connectivity index (χ0v) is 14.3. The van der Waals surface area contributed by atoms with Gasteiger partial charge in [-0.05, 0) is 38.0 Å². The van der Waals surface area contributed by atoms with E-state index >= 15 is 0 Å². The van der Waals surface area contributed by atoms with E-state index in [1.54, 1.807) is 0 Å². The molecule has 1 aromatic rings. The van der Waals surface area contributed by atoms with Crippen LogP contribution in [0.25, 0.3) is 0 Å². The minimum absolute atomic E-state index is 0.0400. The Morgan fingerprint density at radius 3 is 2.96 bits per heavy atom. The number of hydrogen-bond donors (Lipinski definition) is 3. The van der Waals surface area contributed by atoms with Crippen LogP contribution < -0.4 is 10.6 Å². The number of urea groups is 1. The van der Waals surface area contributed by atoms with E-state index in [0.29, 0.717) is 24.6 Å². The summed E-state index contributed by atoms with van der Waals surface area (Å²) in [5, 5.41) is 13.2. The summed E-state index contributed by atoms with van der Waals surface area (Å²) in [7, 11) is 0. The highest BCUT2D eigenvalue weighted by atomic mass is 16.5. The number of rotatable bonds is 4. The molecule has 1 aliphatic heterocycles. The summed E-state index contributed by atoms with van der Waals surface area (Å²) in [6, 6.07) is 0.340. The molecular formula is C17H27N5O2. The number of H-pyrrole nitrogens is 1. The number of nitrogens with zero attached hydrogens (tertiary/aromatic N) is 2. The van der Waals surface area contributed by atoms with Crippen molar-refractivity contribution in [2.24, 2.45) is 11.3 Å². The second-order valence-corrected chi connectivity index (χ2v) is 7.64. The number of carbonyl (C=O) groups is 1. The Hall–Kier alpha value is -1.63. The molecule has 3 fully saturated rings. The number of aromatic nitrogens is 3. The van der Waals surface area contributed by atoms with Crippen LogP contribution in [0.2, 0.25) is 0 Å². The van der Waals surface area contributed by atoms with Crippen molar-refractivity contribution in [1.29, 1.82) is 0 Å². The number of ether oxygens (including phenoxy) is 1. The summed E-state index contributed by atoms with van der Waals surface area (Å²) in [4.78, 5) is 16.6. The maximum atomic E-state index is 12.2. The molecule has 2 amide bonds. The molecule has 2 heterocycles. The topological polar surface area (TPSA) is 91.9 Å². The zero-order chi connectivity index (χ0) is 16.6. The number of aryl methyl sites for hydroxylation is 1. The molecule has 3 atom stereocenters. The lowest BCUT2D eigenvalue weighted by molar-refractivity contribution is 0.0840. The SMILES string of the molecule is Cc1n[nH]c([C@@H]2OCC[C@@H]2CNC(=O)NC2CC23CCCCC3)n1. The fourth-order valence-electron chi connectivity index (χ4n) is 4.43. The average molecular weight is 333 g/mol. The third-order valence-corrected chi connectivity index (χ3v) is 5.97. The van der Waals surface area contributed by atoms with Gasteiger partial charge in [0.1, 0.15) is 11.9 Å². The Balaban J connectivity index is 1.25. The molecule has 3 aliphatic rings. The third kappa shape index (κ3) is 3.14. The lowest BCUT2D eigenvalue weighted by atomic mass is 9.86. The first-order valence-corrected chi connectivity index (χ1v) is 9.21. The summed E-state index contributed by atoms with van der Waals surface area (Å²) in [5.74, 6) is 1.72. The predicted octanol–water partition coefficient (Wildman–Crippen LogP) is 2.21. The van der Waals surface area contributed by atoms with Crippen molar-refractivity contribution in [3.8, 4) is 0 Å². The maximum Gasteiger partial charge on any atom is 0.315 e. The molecule has 2 saturated carbocycles. The fraction of sp³-hybridized carbons (Fsp3) is 0.824. The molecule has 7 heteroatoms. The molecule has 7 nitrogen and oxygen atoms in total. The second kappa shape index (κ2) is 6.35. The fourth-order valence-corrected chi connectivity index (χ4v) is 4.43. The lowest BCUT2D eigenvalue weighted by Gasteiger charge is -2.23. The van der Waals surface area contributed by atoms with Gasteiger partial charge in [-0.25, -0.2) is 9.78 Å². The molecule has 1 spiro atoms.